The first kappa shape index (κ1) is 16.0. The molecule has 0 saturated carbocycles. The number of nitrogens with zero attached hydrogens (tertiary/aromatic N) is 2. The van der Waals surface area contributed by atoms with Gasteiger partial charge in [0.15, 0.2) is 0 Å². The van der Waals surface area contributed by atoms with Crippen LogP contribution in [0.25, 0.3) is 5.70 Å². The van der Waals surface area contributed by atoms with Crippen molar-refractivity contribution in [2.75, 3.05) is 13.1 Å². The Kier molecular flexibility index (Phi) is 4.75. The summed E-state index contributed by atoms with van der Waals surface area (Å²) in [5.41, 5.74) is 3.59. The SMILES string of the molecule is CCN(CC)C(=O)/C=C1\NC(c2ccccc2)=Nc2ccccc21. The van der Waals surface area contributed by atoms with E-state index in [1.54, 1.807) is 11.0 Å². The first-order valence-electron chi connectivity index (χ1n) is 8.24. The lowest BCUT2D eigenvalue weighted by Gasteiger charge is -2.22. The fourth-order valence-electron chi connectivity index (χ4n) is 2.74. The van der Waals surface area contributed by atoms with Crippen molar-refractivity contribution in [1.29, 1.82) is 0 Å². The second-order valence-electron chi connectivity index (χ2n) is 5.54. The minimum absolute atomic E-state index is 0.00612. The van der Waals surface area contributed by atoms with Crippen LogP contribution in [0.4, 0.5) is 5.69 Å². The summed E-state index contributed by atoms with van der Waals surface area (Å²) >= 11 is 0. The number of aliphatic imine (C=N–C) groups is 1. The van der Waals surface area contributed by atoms with Crippen LogP contribution in [0.2, 0.25) is 0 Å². The first-order chi connectivity index (χ1) is 11.7. The second-order valence-corrected chi connectivity index (χ2v) is 5.54. The monoisotopic (exact) mass is 319 g/mol. The predicted molar refractivity (Wildman–Crippen MR) is 98.1 cm³/mol. The first-order valence-corrected chi connectivity index (χ1v) is 8.24. The van der Waals surface area contributed by atoms with Crippen molar-refractivity contribution in [2.45, 2.75) is 13.8 Å². The van der Waals surface area contributed by atoms with E-state index in [0.717, 1.165) is 28.3 Å². The molecule has 1 aliphatic rings. The Balaban J connectivity index is 2.02. The number of hydrogen-bond donors (Lipinski definition) is 1. The number of carbonyl (C=O) groups excluding carboxylic acids is 1. The largest absolute Gasteiger partial charge is 0.340 e. The Morgan fingerprint density at radius 3 is 2.42 bits per heavy atom. The van der Waals surface area contributed by atoms with Crippen molar-refractivity contribution >= 4 is 23.1 Å². The molecule has 2 aromatic carbocycles. The zero-order chi connectivity index (χ0) is 16.9. The molecule has 0 unspecified atom stereocenters. The predicted octanol–water partition coefficient (Wildman–Crippen LogP) is 3.58. The van der Waals surface area contributed by atoms with Gasteiger partial charge < -0.3 is 10.2 Å². The number of fused-ring (bicyclic) bond motifs is 1. The molecular formula is C20H21N3O. The van der Waals surface area contributed by atoms with Crippen LogP contribution in [0.5, 0.6) is 0 Å². The molecule has 0 aromatic heterocycles. The summed E-state index contributed by atoms with van der Waals surface area (Å²) in [5.74, 6) is 0.763. The zero-order valence-corrected chi connectivity index (χ0v) is 14.0. The quantitative estimate of drug-likeness (QED) is 0.876. The highest BCUT2D eigenvalue weighted by Gasteiger charge is 2.19. The molecule has 1 heterocycles. The average Bonchev–Trinajstić information content (AvgIpc) is 2.63. The number of likely N-dealkylation sites (N-methyl/N-ethyl adjacent to an activating group) is 1. The third kappa shape index (κ3) is 3.23. The van der Waals surface area contributed by atoms with Gasteiger partial charge in [-0.15, -0.1) is 0 Å². The molecule has 3 rings (SSSR count). The summed E-state index contributed by atoms with van der Waals surface area (Å²) in [6, 6.07) is 17.8. The van der Waals surface area contributed by atoms with E-state index in [4.69, 9.17) is 4.99 Å². The number of benzene rings is 2. The Labute approximate surface area is 142 Å². The molecule has 0 bridgehead atoms. The Bertz CT molecular complexity index is 790. The lowest BCUT2D eigenvalue weighted by Crippen LogP contribution is -2.31. The number of hydrogen-bond acceptors (Lipinski definition) is 3. The lowest BCUT2D eigenvalue weighted by atomic mass is 10.1. The Morgan fingerprint density at radius 1 is 1.04 bits per heavy atom. The van der Waals surface area contributed by atoms with Gasteiger partial charge in [-0.3, -0.25) is 4.79 Å². The van der Waals surface area contributed by atoms with E-state index in [-0.39, 0.29) is 5.91 Å². The molecule has 2 aromatic rings. The maximum absolute atomic E-state index is 12.5. The smallest absolute Gasteiger partial charge is 0.248 e. The van der Waals surface area contributed by atoms with E-state index < -0.39 is 0 Å². The third-order valence-corrected chi connectivity index (χ3v) is 4.07. The maximum atomic E-state index is 12.5. The summed E-state index contributed by atoms with van der Waals surface area (Å²) in [6.45, 7) is 5.36. The molecule has 0 spiro atoms. The third-order valence-electron chi connectivity index (χ3n) is 4.07. The standard InChI is InChI=1S/C20H21N3O/c1-3-23(4-2)19(24)14-18-16-12-8-9-13-17(16)21-20(22-18)15-10-6-5-7-11-15/h5-14H,3-4H2,1-2H3,(H,21,22)/b18-14-. The summed E-state index contributed by atoms with van der Waals surface area (Å²) < 4.78 is 0. The van der Waals surface area contributed by atoms with Gasteiger partial charge in [0.2, 0.25) is 5.91 Å². The van der Waals surface area contributed by atoms with Crippen LogP contribution < -0.4 is 5.32 Å². The Morgan fingerprint density at radius 2 is 1.71 bits per heavy atom. The van der Waals surface area contributed by atoms with E-state index in [9.17, 15) is 4.79 Å². The highest BCUT2D eigenvalue weighted by Crippen LogP contribution is 2.29. The van der Waals surface area contributed by atoms with Gasteiger partial charge in [-0.2, -0.15) is 0 Å². The summed E-state index contributed by atoms with van der Waals surface area (Å²) in [5, 5.41) is 3.32. The van der Waals surface area contributed by atoms with Crippen LogP contribution in [-0.4, -0.2) is 29.7 Å². The molecule has 1 aliphatic heterocycles. The number of nitrogens with one attached hydrogen (secondary N) is 1. The fraction of sp³-hybridized carbons (Fsp3) is 0.200. The molecule has 4 nitrogen and oxygen atoms in total. The van der Waals surface area contributed by atoms with Gasteiger partial charge in [-0.05, 0) is 19.9 Å². The second kappa shape index (κ2) is 7.13. The van der Waals surface area contributed by atoms with Crippen molar-refractivity contribution < 1.29 is 4.79 Å². The average molecular weight is 319 g/mol. The highest BCUT2D eigenvalue weighted by molar-refractivity contribution is 6.10. The van der Waals surface area contributed by atoms with Crippen LogP contribution >= 0.6 is 0 Å². The normalized spacial score (nSPS) is 14.6. The molecule has 0 saturated heterocycles. The van der Waals surface area contributed by atoms with Crippen molar-refractivity contribution in [1.82, 2.24) is 10.2 Å². The Hall–Kier alpha value is -2.88. The fourth-order valence-corrected chi connectivity index (χ4v) is 2.74. The van der Waals surface area contributed by atoms with Crippen molar-refractivity contribution in [2.24, 2.45) is 4.99 Å². The molecule has 1 amide bonds. The van der Waals surface area contributed by atoms with Crippen molar-refractivity contribution in [3.8, 4) is 0 Å². The number of amidine groups is 1. The van der Waals surface area contributed by atoms with Gasteiger partial charge in [-0.25, -0.2) is 4.99 Å². The molecule has 0 radical (unpaired) electrons. The van der Waals surface area contributed by atoms with Crippen LogP contribution in [0.1, 0.15) is 25.0 Å². The topological polar surface area (TPSA) is 44.7 Å². The molecular weight excluding hydrogens is 298 g/mol. The number of amides is 1. The van der Waals surface area contributed by atoms with Gasteiger partial charge in [0.1, 0.15) is 5.84 Å². The van der Waals surface area contributed by atoms with Crippen LogP contribution in [0.15, 0.2) is 65.7 Å². The van der Waals surface area contributed by atoms with E-state index in [1.807, 2.05) is 68.4 Å². The van der Waals surface area contributed by atoms with E-state index in [2.05, 4.69) is 5.32 Å². The van der Waals surface area contributed by atoms with Gasteiger partial charge >= 0.3 is 0 Å². The minimum atomic E-state index is 0.00612. The minimum Gasteiger partial charge on any atom is -0.340 e. The zero-order valence-electron chi connectivity index (χ0n) is 14.0. The van der Waals surface area contributed by atoms with Crippen LogP contribution in [0.3, 0.4) is 0 Å². The van der Waals surface area contributed by atoms with Gasteiger partial charge in [-0.1, -0.05) is 48.5 Å². The summed E-state index contributed by atoms with van der Waals surface area (Å²) in [4.78, 5) is 19.0. The molecule has 122 valence electrons. The molecule has 1 N–H and O–H groups in total. The number of rotatable bonds is 4. The summed E-state index contributed by atoms with van der Waals surface area (Å²) in [6.07, 6.45) is 1.67. The molecule has 0 aliphatic carbocycles. The van der Waals surface area contributed by atoms with E-state index in [1.165, 1.54) is 0 Å². The molecule has 0 atom stereocenters. The molecule has 24 heavy (non-hydrogen) atoms. The maximum Gasteiger partial charge on any atom is 0.248 e. The molecule has 4 heteroatoms. The van der Waals surface area contributed by atoms with E-state index in [0.29, 0.717) is 13.1 Å². The molecule has 0 fully saturated rings. The van der Waals surface area contributed by atoms with E-state index >= 15 is 0 Å². The van der Waals surface area contributed by atoms with Crippen LogP contribution in [0, 0.1) is 0 Å². The highest BCUT2D eigenvalue weighted by atomic mass is 16.2. The number of carbonyl (C=O) groups is 1. The summed E-state index contributed by atoms with van der Waals surface area (Å²) in [7, 11) is 0. The number of para-hydroxylation sites is 1. The van der Waals surface area contributed by atoms with Gasteiger partial charge in [0, 0.05) is 30.3 Å². The van der Waals surface area contributed by atoms with Gasteiger partial charge in [0.05, 0.1) is 11.4 Å². The van der Waals surface area contributed by atoms with Crippen molar-refractivity contribution in [3.63, 3.8) is 0 Å². The van der Waals surface area contributed by atoms with Gasteiger partial charge in [0.25, 0.3) is 0 Å². The van der Waals surface area contributed by atoms with Crippen molar-refractivity contribution in [3.05, 3.63) is 71.8 Å². The lowest BCUT2D eigenvalue weighted by molar-refractivity contribution is -0.125. The van der Waals surface area contributed by atoms with Crippen LogP contribution in [-0.2, 0) is 4.79 Å².